The van der Waals surface area contributed by atoms with Crippen LogP contribution in [0.15, 0.2) is 36.7 Å². The second kappa shape index (κ2) is 7.96. The molecule has 0 aliphatic carbocycles. The summed E-state index contributed by atoms with van der Waals surface area (Å²) >= 11 is 0. The summed E-state index contributed by atoms with van der Waals surface area (Å²) in [6.07, 6.45) is 0.204. The van der Waals surface area contributed by atoms with Gasteiger partial charge in [0.05, 0.1) is 11.9 Å². The minimum Gasteiger partial charge on any atom is -0.444 e. The van der Waals surface area contributed by atoms with Crippen molar-refractivity contribution in [3.05, 3.63) is 42.2 Å². The number of likely N-dealkylation sites (tertiary alicyclic amines) is 1. The van der Waals surface area contributed by atoms with Crippen molar-refractivity contribution in [1.29, 1.82) is 0 Å². The molecule has 29 heavy (non-hydrogen) atoms. The van der Waals surface area contributed by atoms with Crippen molar-refractivity contribution in [2.24, 2.45) is 0 Å². The van der Waals surface area contributed by atoms with Crippen molar-refractivity contribution >= 4 is 6.09 Å². The zero-order valence-electron chi connectivity index (χ0n) is 16.6. The number of alkyl halides is 3. The molecule has 0 unspecified atom stereocenters. The number of benzene rings is 1. The molecule has 0 saturated carbocycles. The Labute approximate surface area is 167 Å². The highest BCUT2D eigenvalue weighted by atomic mass is 19.4. The van der Waals surface area contributed by atoms with Crippen molar-refractivity contribution < 1.29 is 27.4 Å². The Morgan fingerprint density at radius 3 is 2.28 bits per heavy atom. The molecule has 3 rings (SSSR count). The van der Waals surface area contributed by atoms with E-state index in [1.807, 2.05) is 27.0 Å². The van der Waals surface area contributed by atoms with Crippen LogP contribution in [-0.2, 0) is 4.74 Å². The van der Waals surface area contributed by atoms with Crippen molar-refractivity contribution in [3.8, 4) is 11.4 Å². The van der Waals surface area contributed by atoms with E-state index < -0.39 is 12.0 Å². The number of hydrogen-bond donors (Lipinski definition) is 0. The van der Waals surface area contributed by atoms with Gasteiger partial charge in [-0.05, 0) is 69.4 Å². The Morgan fingerprint density at radius 2 is 1.72 bits per heavy atom. The SMILES string of the molecule is CC(C)(C)OC(=O)N1CCC(c2cnn(-c3ccc(OC(F)(F)F)cc3)c2)CC1. The maximum atomic E-state index is 12.3. The van der Waals surface area contributed by atoms with Gasteiger partial charge < -0.3 is 14.4 Å². The fourth-order valence-electron chi connectivity index (χ4n) is 3.21. The van der Waals surface area contributed by atoms with Crippen molar-refractivity contribution in [2.45, 2.75) is 51.5 Å². The van der Waals surface area contributed by atoms with Gasteiger partial charge in [0, 0.05) is 19.3 Å². The molecule has 1 saturated heterocycles. The van der Waals surface area contributed by atoms with Gasteiger partial charge >= 0.3 is 12.5 Å². The van der Waals surface area contributed by atoms with E-state index in [9.17, 15) is 18.0 Å². The van der Waals surface area contributed by atoms with Gasteiger partial charge in [-0.3, -0.25) is 0 Å². The molecular weight excluding hydrogens is 387 g/mol. The number of amides is 1. The largest absolute Gasteiger partial charge is 0.573 e. The first-order valence-corrected chi connectivity index (χ1v) is 9.39. The van der Waals surface area contributed by atoms with E-state index in [1.54, 1.807) is 15.8 Å². The van der Waals surface area contributed by atoms with Crippen LogP contribution in [0.1, 0.15) is 45.1 Å². The lowest BCUT2D eigenvalue weighted by atomic mass is 9.92. The molecule has 1 aliphatic heterocycles. The van der Waals surface area contributed by atoms with Crippen LogP contribution in [-0.4, -0.2) is 45.8 Å². The molecule has 1 fully saturated rings. The quantitative estimate of drug-likeness (QED) is 0.722. The number of halogens is 3. The third-order valence-corrected chi connectivity index (χ3v) is 4.56. The standard InChI is InChI=1S/C20H24F3N3O3/c1-19(2,3)29-18(27)25-10-8-14(9-11-25)15-12-24-26(13-15)16-4-6-17(7-5-16)28-20(21,22)23/h4-7,12-14H,8-11H2,1-3H3. The topological polar surface area (TPSA) is 56.6 Å². The van der Waals surface area contributed by atoms with E-state index >= 15 is 0 Å². The molecule has 0 N–H and O–H groups in total. The number of carbonyl (C=O) groups excluding carboxylic acids is 1. The van der Waals surface area contributed by atoms with Gasteiger partial charge in [0.1, 0.15) is 11.4 Å². The predicted octanol–water partition coefficient (Wildman–Crippen LogP) is 4.89. The number of nitrogens with zero attached hydrogens (tertiary/aromatic N) is 3. The highest BCUT2D eigenvalue weighted by Crippen LogP contribution is 2.29. The number of carbonyl (C=O) groups is 1. The average Bonchev–Trinajstić information content (AvgIpc) is 3.10. The van der Waals surface area contributed by atoms with Gasteiger partial charge in [0.2, 0.25) is 0 Å². The summed E-state index contributed by atoms with van der Waals surface area (Å²) in [7, 11) is 0. The number of ether oxygens (including phenoxy) is 2. The monoisotopic (exact) mass is 411 g/mol. The number of rotatable bonds is 3. The molecule has 158 valence electrons. The molecule has 0 atom stereocenters. The smallest absolute Gasteiger partial charge is 0.444 e. The maximum Gasteiger partial charge on any atom is 0.573 e. The first-order valence-electron chi connectivity index (χ1n) is 9.39. The first kappa shape index (κ1) is 21.0. The molecule has 0 bridgehead atoms. The Hall–Kier alpha value is -2.71. The highest BCUT2D eigenvalue weighted by Gasteiger charge is 2.31. The summed E-state index contributed by atoms with van der Waals surface area (Å²) in [5.41, 5.74) is 1.15. The van der Waals surface area contributed by atoms with E-state index in [2.05, 4.69) is 9.84 Å². The van der Waals surface area contributed by atoms with Crippen LogP contribution < -0.4 is 4.74 Å². The normalized spacial score (nSPS) is 16.0. The Balaban J connectivity index is 1.59. The van der Waals surface area contributed by atoms with Crippen LogP contribution in [0.2, 0.25) is 0 Å². The van der Waals surface area contributed by atoms with Gasteiger partial charge in [-0.2, -0.15) is 5.10 Å². The second-order valence-electron chi connectivity index (χ2n) is 8.00. The van der Waals surface area contributed by atoms with Crippen LogP contribution in [0.3, 0.4) is 0 Å². The van der Waals surface area contributed by atoms with Crippen LogP contribution in [0, 0.1) is 0 Å². The molecule has 2 heterocycles. The van der Waals surface area contributed by atoms with Gasteiger partial charge in [-0.25, -0.2) is 9.48 Å². The lowest BCUT2D eigenvalue weighted by Gasteiger charge is -2.33. The average molecular weight is 411 g/mol. The molecule has 6 nitrogen and oxygen atoms in total. The summed E-state index contributed by atoms with van der Waals surface area (Å²) in [5.74, 6) is -0.0154. The zero-order valence-corrected chi connectivity index (χ0v) is 16.6. The summed E-state index contributed by atoms with van der Waals surface area (Å²) in [6, 6.07) is 5.54. The van der Waals surface area contributed by atoms with E-state index in [0.717, 1.165) is 18.4 Å². The summed E-state index contributed by atoms with van der Waals surface area (Å²) in [4.78, 5) is 13.9. The Kier molecular flexibility index (Phi) is 5.77. The summed E-state index contributed by atoms with van der Waals surface area (Å²) < 4.78 is 47.7. The maximum absolute atomic E-state index is 12.3. The fourth-order valence-corrected chi connectivity index (χ4v) is 3.21. The van der Waals surface area contributed by atoms with Crippen molar-refractivity contribution in [2.75, 3.05) is 13.1 Å². The van der Waals surface area contributed by atoms with E-state index in [-0.39, 0.29) is 17.8 Å². The number of hydrogen-bond acceptors (Lipinski definition) is 4. The van der Waals surface area contributed by atoms with Crippen LogP contribution in [0.25, 0.3) is 5.69 Å². The Morgan fingerprint density at radius 1 is 1.10 bits per heavy atom. The lowest BCUT2D eigenvalue weighted by Crippen LogP contribution is -2.41. The molecule has 1 aromatic heterocycles. The minimum absolute atomic E-state index is 0.260. The van der Waals surface area contributed by atoms with Crippen LogP contribution in [0.4, 0.5) is 18.0 Å². The summed E-state index contributed by atoms with van der Waals surface area (Å²) in [5, 5.41) is 4.32. The summed E-state index contributed by atoms with van der Waals surface area (Å²) in [6.45, 7) is 6.73. The van der Waals surface area contributed by atoms with Gasteiger partial charge in [-0.15, -0.1) is 13.2 Å². The molecule has 0 radical (unpaired) electrons. The predicted molar refractivity (Wildman–Crippen MR) is 100 cm³/mol. The second-order valence-corrected chi connectivity index (χ2v) is 8.00. The fraction of sp³-hybridized carbons (Fsp3) is 0.500. The van der Waals surface area contributed by atoms with Crippen molar-refractivity contribution in [1.82, 2.24) is 14.7 Å². The molecule has 1 aliphatic rings. The highest BCUT2D eigenvalue weighted by molar-refractivity contribution is 5.68. The van der Waals surface area contributed by atoms with Gasteiger partial charge in [-0.1, -0.05) is 0 Å². The molecular formula is C20H24F3N3O3. The zero-order chi connectivity index (χ0) is 21.2. The van der Waals surface area contributed by atoms with Crippen LogP contribution in [0.5, 0.6) is 5.75 Å². The number of aromatic nitrogens is 2. The third kappa shape index (κ3) is 5.88. The molecule has 1 aromatic carbocycles. The third-order valence-electron chi connectivity index (χ3n) is 4.56. The van der Waals surface area contributed by atoms with Crippen molar-refractivity contribution in [3.63, 3.8) is 0 Å². The molecule has 0 spiro atoms. The van der Waals surface area contributed by atoms with Gasteiger partial charge in [0.25, 0.3) is 0 Å². The van der Waals surface area contributed by atoms with E-state index in [0.29, 0.717) is 18.8 Å². The lowest BCUT2D eigenvalue weighted by molar-refractivity contribution is -0.274. The van der Waals surface area contributed by atoms with E-state index in [4.69, 9.17) is 4.74 Å². The molecule has 2 aromatic rings. The first-order chi connectivity index (χ1) is 13.5. The Bertz CT molecular complexity index is 833. The molecule has 1 amide bonds. The van der Waals surface area contributed by atoms with Gasteiger partial charge in [0.15, 0.2) is 0 Å². The van der Waals surface area contributed by atoms with Crippen LogP contribution >= 0.6 is 0 Å². The van der Waals surface area contributed by atoms with E-state index in [1.165, 1.54) is 24.3 Å². The number of piperidine rings is 1. The molecule has 9 heteroatoms. The minimum atomic E-state index is -4.71.